The Kier molecular flexibility index (Phi) is 10.7. The highest BCUT2D eigenvalue weighted by molar-refractivity contribution is 6.00. The summed E-state index contributed by atoms with van der Waals surface area (Å²) in [6.45, 7) is 6.92. The van der Waals surface area contributed by atoms with E-state index in [1.807, 2.05) is 23.3 Å². The molecule has 1 amide bonds. The summed E-state index contributed by atoms with van der Waals surface area (Å²) in [5.41, 5.74) is 6.36. The highest BCUT2D eigenvalue weighted by atomic mass is 19.4. The van der Waals surface area contributed by atoms with Crippen LogP contribution in [-0.4, -0.2) is 32.8 Å². The molecule has 5 nitrogen and oxygen atoms in total. The average molecular weight is 559 g/mol. The number of alkyl halides is 3. The topological polar surface area (TPSA) is 50.8 Å². The minimum atomic E-state index is -4.54. The molecule has 218 valence electrons. The Labute approximate surface area is 236 Å². The van der Waals surface area contributed by atoms with E-state index in [1.54, 1.807) is 12.1 Å². The van der Waals surface area contributed by atoms with E-state index < -0.39 is 18.6 Å². The number of hydrogen-bond donors (Lipinski definition) is 1. The largest absolute Gasteiger partial charge is 0.496 e. The fourth-order valence-electron chi connectivity index (χ4n) is 4.77. The number of anilines is 2. The van der Waals surface area contributed by atoms with Crippen molar-refractivity contribution < 1.29 is 27.4 Å². The van der Waals surface area contributed by atoms with Gasteiger partial charge >= 0.3 is 6.18 Å². The standard InChI is InChI=1S/C32H41F3N2O3/c1-7-9-13-26(23-11-10-12-23)24-14-15-27(22(4)16-24)37(19-21(3)8-2)25-17-28(39-5)30(29(18-25)40-6)31(38)36-20-32(33,34)35/h13-19,23H,7-12,20H2,1-6H3,(H,36,38)/b21-19-,26-13-. The Hall–Kier alpha value is -3.42. The SMILES string of the molecule is CCC/C=C(\c1ccc(N(/C=C(/C)CC)c2cc(OC)c(C(=O)NCC(F)(F)F)c(OC)c2)c(C)c1)C1CCC1. The van der Waals surface area contributed by atoms with Crippen LogP contribution in [0.5, 0.6) is 11.5 Å². The number of hydrogen-bond acceptors (Lipinski definition) is 4. The van der Waals surface area contributed by atoms with Crippen molar-refractivity contribution in [2.75, 3.05) is 25.7 Å². The van der Waals surface area contributed by atoms with Crippen molar-refractivity contribution in [2.24, 2.45) is 5.92 Å². The zero-order chi connectivity index (χ0) is 29.4. The lowest BCUT2D eigenvalue weighted by atomic mass is 9.76. The van der Waals surface area contributed by atoms with Gasteiger partial charge in [-0.1, -0.05) is 44.4 Å². The van der Waals surface area contributed by atoms with Gasteiger partial charge in [-0.2, -0.15) is 13.2 Å². The number of aryl methyl sites for hydroxylation is 1. The van der Waals surface area contributed by atoms with Crippen molar-refractivity contribution >= 4 is 22.9 Å². The third-order valence-electron chi connectivity index (χ3n) is 7.34. The van der Waals surface area contributed by atoms with Crippen LogP contribution >= 0.6 is 0 Å². The van der Waals surface area contributed by atoms with Gasteiger partial charge in [0.1, 0.15) is 23.6 Å². The second-order valence-corrected chi connectivity index (χ2v) is 10.3. The fourth-order valence-corrected chi connectivity index (χ4v) is 4.77. The van der Waals surface area contributed by atoms with Gasteiger partial charge in [-0.25, -0.2) is 0 Å². The maximum atomic E-state index is 12.8. The molecule has 1 N–H and O–H groups in total. The zero-order valence-electron chi connectivity index (χ0n) is 24.4. The Bertz CT molecular complexity index is 1220. The molecule has 0 spiro atoms. The molecule has 2 aromatic carbocycles. The van der Waals surface area contributed by atoms with Gasteiger partial charge in [0, 0.05) is 24.0 Å². The number of ether oxygens (including phenoxy) is 2. The normalized spacial score (nSPS) is 14.5. The molecule has 0 aliphatic heterocycles. The molecule has 0 radical (unpaired) electrons. The molecule has 3 rings (SSSR count). The molecule has 1 saturated carbocycles. The zero-order valence-corrected chi connectivity index (χ0v) is 24.4. The number of benzene rings is 2. The smallest absolute Gasteiger partial charge is 0.405 e. The number of rotatable bonds is 12. The van der Waals surface area contributed by atoms with Crippen LogP contribution in [0.2, 0.25) is 0 Å². The summed E-state index contributed by atoms with van der Waals surface area (Å²) in [7, 11) is 2.75. The van der Waals surface area contributed by atoms with Crippen molar-refractivity contribution in [3.8, 4) is 11.5 Å². The van der Waals surface area contributed by atoms with Crippen LogP contribution in [0.4, 0.5) is 24.5 Å². The minimum Gasteiger partial charge on any atom is -0.496 e. The van der Waals surface area contributed by atoms with Crippen molar-refractivity contribution in [1.29, 1.82) is 0 Å². The monoisotopic (exact) mass is 558 g/mol. The second kappa shape index (κ2) is 13.8. The number of nitrogens with one attached hydrogen (secondary N) is 1. The summed E-state index contributed by atoms with van der Waals surface area (Å²) in [5.74, 6) is -0.0803. The minimum absolute atomic E-state index is 0.0904. The maximum Gasteiger partial charge on any atom is 0.405 e. The molecule has 0 saturated heterocycles. The molecule has 40 heavy (non-hydrogen) atoms. The molecule has 0 unspecified atom stereocenters. The Morgan fingerprint density at radius 3 is 2.23 bits per heavy atom. The quantitative estimate of drug-likeness (QED) is 0.283. The van der Waals surface area contributed by atoms with Gasteiger partial charge in [-0.3, -0.25) is 4.79 Å². The lowest BCUT2D eigenvalue weighted by molar-refractivity contribution is -0.123. The van der Waals surface area contributed by atoms with Gasteiger partial charge in [0.25, 0.3) is 5.91 Å². The molecule has 0 bridgehead atoms. The first-order valence-electron chi connectivity index (χ1n) is 13.9. The van der Waals surface area contributed by atoms with E-state index >= 15 is 0 Å². The van der Waals surface area contributed by atoms with Gasteiger partial charge in [-0.05, 0) is 74.3 Å². The van der Waals surface area contributed by atoms with Gasteiger partial charge in [0.05, 0.1) is 19.9 Å². The summed E-state index contributed by atoms with van der Waals surface area (Å²) in [5, 5.41) is 1.91. The summed E-state index contributed by atoms with van der Waals surface area (Å²) < 4.78 is 49.3. The molecule has 1 fully saturated rings. The fraction of sp³-hybridized carbons (Fsp3) is 0.469. The summed E-state index contributed by atoms with van der Waals surface area (Å²) in [6.07, 6.45) is 6.58. The number of unbranched alkanes of at least 4 members (excludes halogenated alkanes) is 1. The van der Waals surface area contributed by atoms with Crippen LogP contribution in [0.25, 0.3) is 5.57 Å². The average Bonchev–Trinajstić information content (AvgIpc) is 2.90. The van der Waals surface area contributed by atoms with Crippen molar-refractivity contribution in [3.05, 3.63) is 64.9 Å². The molecule has 0 atom stereocenters. The molecule has 0 aromatic heterocycles. The summed E-state index contributed by atoms with van der Waals surface area (Å²) in [4.78, 5) is 14.8. The molecule has 8 heteroatoms. The third kappa shape index (κ3) is 7.61. The van der Waals surface area contributed by atoms with Gasteiger partial charge in [-0.15, -0.1) is 0 Å². The van der Waals surface area contributed by atoms with E-state index in [1.165, 1.54) is 44.6 Å². The van der Waals surface area contributed by atoms with Gasteiger partial charge in [0.15, 0.2) is 0 Å². The molecular weight excluding hydrogens is 517 g/mol. The van der Waals surface area contributed by atoms with E-state index in [4.69, 9.17) is 9.47 Å². The molecule has 1 aliphatic carbocycles. The van der Waals surface area contributed by atoms with E-state index in [9.17, 15) is 18.0 Å². The molecule has 1 aliphatic rings. The maximum absolute atomic E-state index is 12.8. The highest BCUT2D eigenvalue weighted by Gasteiger charge is 2.30. The van der Waals surface area contributed by atoms with Crippen molar-refractivity contribution in [2.45, 2.75) is 72.4 Å². The number of amides is 1. The van der Waals surface area contributed by atoms with Crippen LogP contribution in [-0.2, 0) is 0 Å². The van der Waals surface area contributed by atoms with Gasteiger partial charge < -0.3 is 19.7 Å². The van der Waals surface area contributed by atoms with E-state index in [2.05, 4.69) is 45.0 Å². The number of halogens is 3. The number of carbonyl (C=O) groups is 1. The number of nitrogens with zero attached hydrogens (tertiary/aromatic N) is 1. The van der Waals surface area contributed by atoms with Crippen molar-refractivity contribution in [3.63, 3.8) is 0 Å². The van der Waals surface area contributed by atoms with Crippen molar-refractivity contribution in [1.82, 2.24) is 5.32 Å². The van der Waals surface area contributed by atoms with Gasteiger partial charge in [0.2, 0.25) is 0 Å². The first-order chi connectivity index (χ1) is 19.0. The van der Waals surface area contributed by atoms with Crippen LogP contribution < -0.4 is 19.7 Å². The lowest BCUT2D eigenvalue weighted by Crippen LogP contribution is -2.34. The number of methoxy groups -OCH3 is 2. The third-order valence-corrected chi connectivity index (χ3v) is 7.34. The molecule has 2 aromatic rings. The van der Waals surface area contributed by atoms with Crippen LogP contribution in [0.1, 0.15) is 80.8 Å². The van der Waals surface area contributed by atoms with E-state index in [0.717, 1.165) is 36.1 Å². The lowest BCUT2D eigenvalue weighted by Gasteiger charge is -2.30. The highest BCUT2D eigenvalue weighted by Crippen LogP contribution is 2.42. The van der Waals surface area contributed by atoms with Crippen LogP contribution in [0.15, 0.2) is 48.2 Å². The Balaban J connectivity index is 2.09. The van der Waals surface area contributed by atoms with Crippen LogP contribution in [0, 0.1) is 12.8 Å². The first-order valence-corrected chi connectivity index (χ1v) is 13.9. The number of carbonyl (C=O) groups excluding carboxylic acids is 1. The Morgan fingerprint density at radius 1 is 1.10 bits per heavy atom. The molecule has 0 heterocycles. The summed E-state index contributed by atoms with van der Waals surface area (Å²) >= 11 is 0. The van der Waals surface area contributed by atoms with E-state index in [0.29, 0.717) is 11.6 Å². The molecular formula is C32H41F3N2O3. The predicted molar refractivity (Wildman–Crippen MR) is 156 cm³/mol. The second-order valence-electron chi connectivity index (χ2n) is 10.3. The Morgan fingerprint density at radius 2 is 1.75 bits per heavy atom. The summed E-state index contributed by atoms with van der Waals surface area (Å²) in [6, 6.07) is 9.80. The van der Waals surface area contributed by atoms with Crippen LogP contribution in [0.3, 0.4) is 0 Å². The predicted octanol–water partition coefficient (Wildman–Crippen LogP) is 8.74. The number of allylic oxidation sites excluding steroid dienone is 3. The first kappa shape index (κ1) is 31.1. The van der Waals surface area contributed by atoms with E-state index in [-0.39, 0.29) is 17.1 Å².